The number of piperidine rings is 1. The van der Waals surface area contributed by atoms with E-state index in [0.29, 0.717) is 11.3 Å². The molecule has 6 rings (SSSR count). The second kappa shape index (κ2) is 10.4. The van der Waals surface area contributed by atoms with Crippen molar-refractivity contribution in [2.75, 3.05) is 30.4 Å². The summed E-state index contributed by atoms with van der Waals surface area (Å²) in [6.07, 6.45) is 7.35. The Morgan fingerprint density at radius 2 is 1.95 bits per heavy atom. The fourth-order valence-electron chi connectivity index (χ4n) is 5.16. The lowest BCUT2D eigenvalue weighted by Gasteiger charge is -2.31. The van der Waals surface area contributed by atoms with Crippen molar-refractivity contribution in [3.8, 4) is 22.6 Å². The second-order valence-corrected chi connectivity index (χ2v) is 10.7. The lowest BCUT2D eigenvalue weighted by atomic mass is 9.98. The number of phenols is 1. The fraction of sp³-hybridized carbons (Fsp3) is 0.300. The summed E-state index contributed by atoms with van der Waals surface area (Å²) >= 11 is 6.27. The van der Waals surface area contributed by atoms with Crippen LogP contribution in [-0.2, 0) is 0 Å². The number of phenolic OH excluding ortho intramolecular Hbond substituents is 1. The molecule has 2 fully saturated rings. The molecule has 0 amide bonds. The maximum absolute atomic E-state index is 13.3. The summed E-state index contributed by atoms with van der Waals surface area (Å²) in [7, 11) is 1.48. The second-order valence-electron chi connectivity index (χ2n) is 10.3. The van der Waals surface area contributed by atoms with Crippen LogP contribution >= 0.6 is 11.6 Å². The zero-order valence-electron chi connectivity index (χ0n) is 21.7. The maximum Gasteiger partial charge on any atom is 0.176 e. The van der Waals surface area contributed by atoms with Gasteiger partial charge in [-0.15, -0.1) is 0 Å². The number of nitrogens with zero attached hydrogens (tertiary/aromatic N) is 3. The number of benzene rings is 2. The molecule has 200 valence electrons. The number of halogens is 1. The Hall–Kier alpha value is -3.88. The molecule has 0 radical (unpaired) electrons. The molecule has 0 spiro atoms. The number of carbonyl (C=O) groups excluding carboxylic acids is 1. The van der Waals surface area contributed by atoms with Crippen LogP contribution in [0.25, 0.3) is 22.0 Å². The topological polar surface area (TPSA) is 114 Å². The number of aromatic nitrogens is 2. The summed E-state index contributed by atoms with van der Waals surface area (Å²) in [4.78, 5) is 24.8. The molecule has 1 saturated carbocycles. The van der Waals surface area contributed by atoms with Crippen LogP contribution < -0.4 is 20.7 Å². The van der Waals surface area contributed by atoms with Gasteiger partial charge in [0.25, 0.3) is 0 Å². The summed E-state index contributed by atoms with van der Waals surface area (Å²) in [5.74, 6) is 1.21. The van der Waals surface area contributed by atoms with E-state index < -0.39 is 0 Å². The maximum atomic E-state index is 13.3. The molecule has 2 aromatic heterocycles. The molecule has 1 aliphatic heterocycles. The molecule has 2 aromatic carbocycles. The average Bonchev–Trinajstić information content (AvgIpc) is 3.80. The van der Waals surface area contributed by atoms with Gasteiger partial charge in [-0.25, -0.2) is 4.98 Å². The first-order valence-electron chi connectivity index (χ1n) is 13.2. The molecule has 4 aromatic rings. The third-order valence-corrected chi connectivity index (χ3v) is 7.75. The number of anilines is 3. The van der Waals surface area contributed by atoms with E-state index in [4.69, 9.17) is 27.1 Å². The summed E-state index contributed by atoms with van der Waals surface area (Å²) in [6, 6.07) is 13.4. The van der Waals surface area contributed by atoms with Gasteiger partial charge in [0.1, 0.15) is 5.82 Å². The molecular weight excluding hydrogens is 514 g/mol. The normalized spacial score (nSPS) is 17.3. The van der Waals surface area contributed by atoms with Crippen LogP contribution in [0.3, 0.4) is 0 Å². The Bertz CT molecular complexity index is 1560. The van der Waals surface area contributed by atoms with E-state index in [1.165, 1.54) is 7.11 Å². The number of fused-ring (bicyclic) bond motifs is 1. The molecule has 0 bridgehead atoms. The van der Waals surface area contributed by atoms with Crippen LogP contribution in [0.1, 0.15) is 36.0 Å². The van der Waals surface area contributed by atoms with E-state index in [0.717, 1.165) is 72.3 Å². The zero-order valence-corrected chi connectivity index (χ0v) is 22.4. The van der Waals surface area contributed by atoms with Gasteiger partial charge in [0, 0.05) is 36.6 Å². The van der Waals surface area contributed by atoms with Crippen molar-refractivity contribution in [1.29, 1.82) is 0 Å². The number of ketones is 1. The monoisotopic (exact) mass is 543 g/mol. The van der Waals surface area contributed by atoms with Crippen LogP contribution in [0.4, 0.5) is 17.2 Å². The molecular formula is C30H30ClN5O3. The number of ether oxygens (including phenoxy) is 1. The number of aromatic hydroxyl groups is 1. The van der Waals surface area contributed by atoms with Crippen LogP contribution in [0, 0.1) is 5.92 Å². The highest BCUT2D eigenvalue weighted by atomic mass is 35.5. The number of hydrogen-bond donors (Lipinski definition) is 3. The van der Waals surface area contributed by atoms with E-state index >= 15 is 0 Å². The van der Waals surface area contributed by atoms with Crippen molar-refractivity contribution in [3.05, 3.63) is 65.4 Å². The Kier molecular flexibility index (Phi) is 6.74. The molecule has 0 unspecified atom stereocenters. The molecule has 1 atom stereocenters. The predicted octanol–water partition coefficient (Wildman–Crippen LogP) is 5.93. The van der Waals surface area contributed by atoms with E-state index in [1.54, 1.807) is 24.5 Å². The Morgan fingerprint density at radius 3 is 2.67 bits per heavy atom. The third-order valence-electron chi connectivity index (χ3n) is 7.46. The number of methoxy groups -OCH3 is 1. The lowest BCUT2D eigenvalue weighted by molar-refractivity contribution is 0.0968. The van der Waals surface area contributed by atoms with E-state index in [9.17, 15) is 9.90 Å². The number of rotatable bonds is 7. The van der Waals surface area contributed by atoms with Gasteiger partial charge >= 0.3 is 0 Å². The molecule has 1 saturated heterocycles. The summed E-state index contributed by atoms with van der Waals surface area (Å²) in [5, 5.41) is 14.7. The first kappa shape index (κ1) is 25.4. The first-order valence-corrected chi connectivity index (χ1v) is 13.6. The summed E-state index contributed by atoms with van der Waals surface area (Å²) in [5.41, 5.74) is 10.6. The number of nitrogens with one attached hydrogen (secondary N) is 1. The largest absolute Gasteiger partial charge is 0.503 e. The smallest absolute Gasteiger partial charge is 0.176 e. The molecule has 8 nitrogen and oxygen atoms in total. The summed E-state index contributed by atoms with van der Waals surface area (Å²) < 4.78 is 5.30. The third kappa shape index (κ3) is 5.10. The Morgan fingerprint density at radius 1 is 1.10 bits per heavy atom. The number of hydrogen-bond acceptors (Lipinski definition) is 8. The van der Waals surface area contributed by atoms with Crippen molar-refractivity contribution >= 4 is 45.5 Å². The highest BCUT2D eigenvalue weighted by Gasteiger charge is 2.32. The van der Waals surface area contributed by atoms with Crippen molar-refractivity contribution in [3.63, 3.8) is 0 Å². The van der Waals surface area contributed by atoms with Gasteiger partial charge < -0.3 is 25.8 Å². The van der Waals surface area contributed by atoms with E-state index in [1.807, 2.05) is 30.3 Å². The molecule has 2 aliphatic rings. The van der Waals surface area contributed by atoms with Crippen molar-refractivity contribution < 1.29 is 14.6 Å². The van der Waals surface area contributed by atoms with Gasteiger partial charge in [0.05, 0.1) is 40.8 Å². The first-order chi connectivity index (χ1) is 18.9. The van der Waals surface area contributed by atoms with Gasteiger partial charge in [0.15, 0.2) is 17.3 Å². The molecule has 9 heteroatoms. The average molecular weight is 544 g/mol. The SMILES string of the molecule is COc1cc(-c2ccc3ncc(C(=O)C4CC4)c(Nc4ccc(N5CCC[C@@H](N)C5)nc4)c3c2)cc(Cl)c1O. The van der Waals surface area contributed by atoms with E-state index in [2.05, 4.69) is 15.2 Å². The van der Waals surface area contributed by atoms with E-state index in [-0.39, 0.29) is 34.3 Å². The van der Waals surface area contributed by atoms with Gasteiger partial charge in [0.2, 0.25) is 0 Å². The van der Waals surface area contributed by atoms with Crippen molar-refractivity contribution in [2.45, 2.75) is 31.7 Å². The minimum absolute atomic E-state index is 0.0389. The standard InChI is InChI=1S/C30H30ClN5O3/c1-39-26-13-19(12-24(31)30(26)38)18-6-8-25-22(11-18)28(23(15-33-25)29(37)17-4-5-17)35-21-7-9-27(34-14-21)36-10-2-3-20(32)16-36/h6-9,11-15,17,20,38H,2-5,10,16,32H2,1H3,(H,33,35)/t20-/m1/s1. The van der Waals surface area contributed by atoms with Crippen LogP contribution in [0.5, 0.6) is 11.5 Å². The van der Waals surface area contributed by atoms with Crippen molar-refractivity contribution in [1.82, 2.24) is 9.97 Å². The Labute approximate surface area is 231 Å². The minimum atomic E-state index is -0.104. The van der Waals surface area contributed by atoms with Crippen LogP contribution in [0.2, 0.25) is 5.02 Å². The highest BCUT2D eigenvalue weighted by molar-refractivity contribution is 6.32. The number of carbonyl (C=O) groups is 1. The highest BCUT2D eigenvalue weighted by Crippen LogP contribution is 2.41. The number of Topliss-reactive ketones (excluding diaryl/α,β-unsaturated/α-hetero) is 1. The quantitative estimate of drug-likeness (QED) is 0.246. The number of nitrogens with two attached hydrogens (primary N) is 1. The van der Waals surface area contributed by atoms with Crippen LogP contribution in [-0.4, -0.2) is 47.1 Å². The minimum Gasteiger partial charge on any atom is -0.503 e. The van der Waals surface area contributed by atoms with Gasteiger partial charge in [-0.1, -0.05) is 17.7 Å². The number of pyridine rings is 2. The molecule has 3 heterocycles. The van der Waals surface area contributed by atoms with Crippen LogP contribution in [0.15, 0.2) is 54.9 Å². The van der Waals surface area contributed by atoms with Gasteiger partial charge in [-0.2, -0.15) is 0 Å². The fourth-order valence-corrected chi connectivity index (χ4v) is 5.38. The molecule has 4 N–H and O–H groups in total. The molecule has 39 heavy (non-hydrogen) atoms. The zero-order chi connectivity index (χ0) is 27.1. The summed E-state index contributed by atoms with van der Waals surface area (Å²) in [6.45, 7) is 1.74. The lowest BCUT2D eigenvalue weighted by Crippen LogP contribution is -2.43. The van der Waals surface area contributed by atoms with Crippen molar-refractivity contribution in [2.24, 2.45) is 11.7 Å². The van der Waals surface area contributed by atoms with Gasteiger partial charge in [-0.05, 0) is 73.2 Å². The Balaban J connectivity index is 1.41. The molecule has 1 aliphatic carbocycles. The predicted molar refractivity (Wildman–Crippen MR) is 154 cm³/mol. The van der Waals surface area contributed by atoms with Gasteiger partial charge in [-0.3, -0.25) is 9.78 Å².